The molecule has 9 heteroatoms. The van der Waals surface area contributed by atoms with Crippen LogP contribution in [-0.2, 0) is 10.0 Å². The number of hydrogen-bond acceptors (Lipinski definition) is 5. The maximum atomic E-state index is 13.9. The number of nitrogens with zero attached hydrogens (tertiary/aromatic N) is 3. The number of nitro benzene ring substituents is 1. The first-order valence-electron chi connectivity index (χ1n) is 6.20. The molecule has 1 heterocycles. The molecule has 0 bridgehead atoms. The summed E-state index contributed by atoms with van der Waals surface area (Å²) in [6, 6.07) is 4.42. The Labute approximate surface area is 120 Å². The van der Waals surface area contributed by atoms with E-state index in [9.17, 15) is 22.9 Å². The second kappa shape index (κ2) is 5.75. The Hall–Kier alpha value is -2.05. The molecular formula is C12H12FN3O4S. The van der Waals surface area contributed by atoms with Crippen molar-refractivity contribution >= 4 is 15.7 Å². The third-order valence-electron chi connectivity index (χ3n) is 3.31. The van der Waals surface area contributed by atoms with Gasteiger partial charge in [-0.15, -0.1) is 0 Å². The van der Waals surface area contributed by atoms with E-state index in [1.54, 1.807) is 0 Å². The second-order valence-corrected chi connectivity index (χ2v) is 6.61. The van der Waals surface area contributed by atoms with Gasteiger partial charge in [0.1, 0.15) is 10.7 Å². The van der Waals surface area contributed by atoms with Crippen LogP contribution in [0, 0.1) is 33.2 Å². The third kappa shape index (κ3) is 3.01. The van der Waals surface area contributed by atoms with Crippen molar-refractivity contribution in [1.82, 2.24) is 4.31 Å². The van der Waals surface area contributed by atoms with E-state index in [2.05, 4.69) is 0 Å². The molecule has 2 rings (SSSR count). The Morgan fingerprint density at radius 2 is 2.19 bits per heavy atom. The first-order valence-corrected chi connectivity index (χ1v) is 7.64. The van der Waals surface area contributed by atoms with Gasteiger partial charge in [-0.3, -0.25) is 10.1 Å². The summed E-state index contributed by atoms with van der Waals surface area (Å²) < 4.78 is 39.6. The average Bonchev–Trinajstić information content (AvgIpc) is 2.46. The zero-order valence-electron chi connectivity index (χ0n) is 10.9. The lowest BCUT2D eigenvalue weighted by Gasteiger charge is -2.28. The van der Waals surface area contributed by atoms with E-state index in [4.69, 9.17) is 5.26 Å². The van der Waals surface area contributed by atoms with E-state index >= 15 is 0 Å². The molecule has 1 fully saturated rings. The van der Waals surface area contributed by atoms with Crippen molar-refractivity contribution in [1.29, 1.82) is 5.26 Å². The third-order valence-corrected chi connectivity index (χ3v) is 5.21. The first kappa shape index (κ1) is 15.3. The van der Waals surface area contributed by atoms with Crippen LogP contribution in [0.4, 0.5) is 10.1 Å². The molecule has 0 N–H and O–H groups in total. The highest BCUT2D eigenvalue weighted by atomic mass is 32.2. The second-order valence-electron chi connectivity index (χ2n) is 4.70. The molecule has 0 aliphatic carbocycles. The molecule has 0 amide bonds. The van der Waals surface area contributed by atoms with E-state index in [-0.39, 0.29) is 13.1 Å². The Balaban J connectivity index is 2.36. The van der Waals surface area contributed by atoms with E-state index in [1.165, 1.54) is 0 Å². The highest BCUT2D eigenvalue weighted by Gasteiger charge is 2.32. The van der Waals surface area contributed by atoms with Gasteiger partial charge in [-0.1, -0.05) is 0 Å². The van der Waals surface area contributed by atoms with Crippen LogP contribution >= 0.6 is 0 Å². The van der Waals surface area contributed by atoms with Gasteiger partial charge in [0.05, 0.1) is 23.0 Å². The molecule has 1 aromatic rings. The topological polar surface area (TPSA) is 104 Å². The van der Waals surface area contributed by atoms with Gasteiger partial charge in [0.15, 0.2) is 0 Å². The minimum Gasteiger partial charge on any atom is -0.258 e. The predicted molar refractivity (Wildman–Crippen MR) is 70.2 cm³/mol. The summed E-state index contributed by atoms with van der Waals surface area (Å²) >= 11 is 0. The van der Waals surface area contributed by atoms with Gasteiger partial charge in [-0.05, 0) is 18.9 Å². The molecule has 1 unspecified atom stereocenters. The number of piperidine rings is 1. The maximum Gasteiger partial charge on any atom is 0.272 e. The zero-order valence-corrected chi connectivity index (χ0v) is 11.7. The quantitative estimate of drug-likeness (QED) is 0.623. The molecular weight excluding hydrogens is 301 g/mol. The molecule has 1 aromatic carbocycles. The van der Waals surface area contributed by atoms with Crippen LogP contribution in [0.1, 0.15) is 12.8 Å². The number of non-ortho nitro benzene ring substituents is 1. The number of nitriles is 1. The number of hydrogen-bond donors (Lipinski definition) is 0. The number of halogens is 1. The molecule has 0 spiro atoms. The van der Waals surface area contributed by atoms with Gasteiger partial charge in [-0.25, -0.2) is 12.8 Å². The van der Waals surface area contributed by atoms with Crippen molar-refractivity contribution < 1.29 is 17.7 Å². The molecule has 7 nitrogen and oxygen atoms in total. The number of sulfonamides is 1. The van der Waals surface area contributed by atoms with Crippen LogP contribution in [0.5, 0.6) is 0 Å². The van der Waals surface area contributed by atoms with Crippen molar-refractivity contribution in [2.24, 2.45) is 5.92 Å². The highest BCUT2D eigenvalue weighted by Crippen LogP contribution is 2.27. The number of benzene rings is 1. The van der Waals surface area contributed by atoms with E-state index < -0.39 is 37.3 Å². The summed E-state index contributed by atoms with van der Waals surface area (Å²) in [5.74, 6) is -1.59. The standard InChI is InChI=1S/C12H12FN3O4S/c13-11-6-10(16(17)18)3-4-12(11)21(19,20)15-5-1-2-9(7-14)8-15/h3-4,6,9H,1-2,5,8H2. The van der Waals surface area contributed by atoms with Crippen LogP contribution in [0.15, 0.2) is 23.1 Å². The minimum atomic E-state index is -4.09. The molecule has 21 heavy (non-hydrogen) atoms. The summed E-state index contributed by atoms with van der Waals surface area (Å²) in [5, 5.41) is 19.4. The van der Waals surface area contributed by atoms with E-state index in [0.29, 0.717) is 18.9 Å². The predicted octanol–water partition coefficient (Wildman–Crippen LogP) is 1.66. The summed E-state index contributed by atoms with van der Waals surface area (Å²) in [6.07, 6.45) is 1.12. The van der Waals surface area contributed by atoms with Crippen molar-refractivity contribution in [2.75, 3.05) is 13.1 Å². The van der Waals surface area contributed by atoms with Crippen molar-refractivity contribution in [3.8, 4) is 6.07 Å². The van der Waals surface area contributed by atoms with Crippen LogP contribution in [0.25, 0.3) is 0 Å². The molecule has 0 aromatic heterocycles. The molecule has 0 radical (unpaired) electrons. The molecule has 1 aliphatic heterocycles. The minimum absolute atomic E-state index is 0.00919. The van der Waals surface area contributed by atoms with E-state index in [1.807, 2.05) is 6.07 Å². The Kier molecular flexibility index (Phi) is 4.20. The van der Waals surface area contributed by atoms with Crippen LogP contribution in [0.3, 0.4) is 0 Å². The lowest BCUT2D eigenvalue weighted by atomic mass is 10.0. The van der Waals surface area contributed by atoms with Gasteiger partial charge in [-0.2, -0.15) is 9.57 Å². The Bertz CT molecular complexity index is 714. The highest BCUT2D eigenvalue weighted by molar-refractivity contribution is 7.89. The van der Waals surface area contributed by atoms with Crippen molar-refractivity contribution in [3.05, 3.63) is 34.1 Å². The average molecular weight is 313 g/mol. The summed E-state index contributed by atoms with van der Waals surface area (Å²) in [7, 11) is -4.09. The molecule has 0 saturated carbocycles. The fraction of sp³-hybridized carbons (Fsp3) is 0.417. The molecule has 1 saturated heterocycles. The Morgan fingerprint density at radius 3 is 2.76 bits per heavy atom. The van der Waals surface area contributed by atoms with Gasteiger partial charge in [0, 0.05) is 19.2 Å². The zero-order chi connectivity index (χ0) is 15.6. The van der Waals surface area contributed by atoms with Crippen molar-refractivity contribution in [3.63, 3.8) is 0 Å². The lowest BCUT2D eigenvalue weighted by Crippen LogP contribution is -2.39. The fourth-order valence-electron chi connectivity index (χ4n) is 2.22. The number of nitro groups is 1. The SMILES string of the molecule is N#CC1CCCN(S(=O)(=O)c2ccc([N+](=O)[O-])cc2F)C1. The molecule has 1 atom stereocenters. The normalized spacial score (nSPS) is 19.9. The lowest BCUT2D eigenvalue weighted by molar-refractivity contribution is -0.385. The Morgan fingerprint density at radius 1 is 1.48 bits per heavy atom. The van der Waals surface area contributed by atoms with Gasteiger partial charge in [0.2, 0.25) is 10.0 Å². The fourth-order valence-corrected chi connectivity index (χ4v) is 3.79. The first-order chi connectivity index (χ1) is 9.86. The van der Waals surface area contributed by atoms with Gasteiger partial charge >= 0.3 is 0 Å². The smallest absolute Gasteiger partial charge is 0.258 e. The molecule has 1 aliphatic rings. The van der Waals surface area contributed by atoms with Gasteiger partial charge < -0.3 is 0 Å². The summed E-state index contributed by atoms with van der Waals surface area (Å²) in [4.78, 5) is 9.14. The molecule has 112 valence electrons. The summed E-state index contributed by atoms with van der Waals surface area (Å²) in [6.45, 7) is 0.214. The maximum absolute atomic E-state index is 13.9. The largest absolute Gasteiger partial charge is 0.272 e. The van der Waals surface area contributed by atoms with Crippen LogP contribution in [0.2, 0.25) is 0 Å². The summed E-state index contributed by atoms with van der Waals surface area (Å²) in [5.41, 5.74) is -0.514. The van der Waals surface area contributed by atoms with E-state index in [0.717, 1.165) is 16.4 Å². The monoisotopic (exact) mass is 313 g/mol. The number of rotatable bonds is 3. The van der Waals surface area contributed by atoms with Crippen LogP contribution < -0.4 is 0 Å². The van der Waals surface area contributed by atoms with Crippen molar-refractivity contribution in [2.45, 2.75) is 17.7 Å². The van der Waals surface area contributed by atoms with Crippen LogP contribution in [-0.4, -0.2) is 30.7 Å². The van der Waals surface area contributed by atoms with Gasteiger partial charge in [0.25, 0.3) is 5.69 Å².